The summed E-state index contributed by atoms with van der Waals surface area (Å²) in [6.45, 7) is 3.40. The molecule has 0 unspecified atom stereocenters. The Labute approximate surface area is 198 Å². The molecule has 0 saturated heterocycles. The van der Waals surface area contributed by atoms with Crippen molar-refractivity contribution >= 4 is 23.2 Å². The predicted octanol–water partition coefficient (Wildman–Crippen LogP) is 2.98. The Morgan fingerprint density at radius 1 is 1.06 bits per heavy atom. The van der Waals surface area contributed by atoms with Crippen LogP contribution in [0.25, 0.3) is 0 Å². The van der Waals surface area contributed by atoms with E-state index in [1.807, 2.05) is 60.8 Å². The number of amides is 2. The second-order valence-corrected chi connectivity index (χ2v) is 8.34. The number of carbonyl (C=O) groups excluding carboxylic acids is 2. The molecule has 0 saturated carbocycles. The Hall–Kier alpha value is -3.23. The van der Waals surface area contributed by atoms with Gasteiger partial charge in [-0.25, -0.2) is 4.98 Å². The monoisotopic (exact) mass is 466 g/mol. The maximum atomic E-state index is 12.9. The zero-order valence-corrected chi connectivity index (χ0v) is 19.6. The summed E-state index contributed by atoms with van der Waals surface area (Å²) < 4.78 is 5.45. The SMILES string of the molecule is CCOc1ccc(CCC(=O)N[C@@H](Cc2cscn2)C(=O)NCc2ccc(CN)cc2)cc1. The van der Waals surface area contributed by atoms with E-state index in [-0.39, 0.29) is 18.2 Å². The summed E-state index contributed by atoms with van der Waals surface area (Å²) in [6.07, 6.45) is 1.21. The van der Waals surface area contributed by atoms with Gasteiger partial charge >= 0.3 is 0 Å². The van der Waals surface area contributed by atoms with E-state index in [1.165, 1.54) is 11.3 Å². The number of carbonyl (C=O) groups is 2. The summed E-state index contributed by atoms with van der Waals surface area (Å²) in [7, 11) is 0. The van der Waals surface area contributed by atoms with Gasteiger partial charge in [-0.05, 0) is 42.2 Å². The number of ether oxygens (including phenoxy) is 1. The zero-order valence-electron chi connectivity index (χ0n) is 18.8. The summed E-state index contributed by atoms with van der Waals surface area (Å²) in [6, 6.07) is 14.8. The molecule has 2 amide bonds. The van der Waals surface area contributed by atoms with Crippen LogP contribution in [0.15, 0.2) is 59.4 Å². The molecule has 3 rings (SSSR count). The van der Waals surface area contributed by atoms with Gasteiger partial charge in [-0.15, -0.1) is 11.3 Å². The van der Waals surface area contributed by atoms with Gasteiger partial charge in [0.25, 0.3) is 0 Å². The molecule has 0 aliphatic carbocycles. The lowest BCUT2D eigenvalue weighted by Gasteiger charge is -2.18. The van der Waals surface area contributed by atoms with Crippen molar-refractivity contribution in [1.82, 2.24) is 15.6 Å². The van der Waals surface area contributed by atoms with E-state index in [9.17, 15) is 9.59 Å². The van der Waals surface area contributed by atoms with Crippen molar-refractivity contribution in [2.24, 2.45) is 5.73 Å². The third-order valence-electron chi connectivity index (χ3n) is 5.15. The van der Waals surface area contributed by atoms with Gasteiger partial charge in [0.15, 0.2) is 0 Å². The van der Waals surface area contributed by atoms with Gasteiger partial charge in [0.05, 0.1) is 17.8 Å². The molecule has 0 bridgehead atoms. The lowest BCUT2D eigenvalue weighted by Crippen LogP contribution is -2.48. The van der Waals surface area contributed by atoms with Crippen LogP contribution in [0.1, 0.15) is 35.7 Å². The highest BCUT2D eigenvalue weighted by Gasteiger charge is 2.22. The van der Waals surface area contributed by atoms with Crippen molar-refractivity contribution < 1.29 is 14.3 Å². The number of thiazole rings is 1. The average Bonchev–Trinajstić information content (AvgIpc) is 3.35. The van der Waals surface area contributed by atoms with Gasteiger partial charge in [-0.3, -0.25) is 9.59 Å². The minimum Gasteiger partial charge on any atom is -0.494 e. The number of hydrogen-bond donors (Lipinski definition) is 3. The standard InChI is InChI=1S/C25H30N4O3S/c1-2-32-22-10-7-18(8-11-22)9-12-24(30)29-23(13-21-16-33-17-28-21)25(31)27-15-20-5-3-19(14-26)4-6-20/h3-8,10-11,16-17,23H,2,9,12-15,26H2,1H3,(H,27,31)(H,29,30)/t23-/m0/s1. The molecule has 0 spiro atoms. The fourth-order valence-corrected chi connectivity index (χ4v) is 3.88. The fourth-order valence-electron chi connectivity index (χ4n) is 3.31. The molecule has 2 aromatic carbocycles. The molecule has 1 atom stereocenters. The van der Waals surface area contributed by atoms with Crippen LogP contribution in [0.2, 0.25) is 0 Å². The van der Waals surface area contributed by atoms with Gasteiger partial charge in [0.2, 0.25) is 11.8 Å². The van der Waals surface area contributed by atoms with Crippen molar-refractivity contribution in [3.8, 4) is 5.75 Å². The van der Waals surface area contributed by atoms with Crippen molar-refractivity contribution in [3.05, 3.63) is 81.8 Å². The van der Waals surface area contributed by atoms with Crippen molar-refractivity contribution in [2.75, 3.05) is 6.61 Å². The first-order chi connectivity index (χ1) is 16.1. The number of nitrogens with two attached hydrogens (primary N) is 1. The molecular weight excluding hydrogens is 436 g/mol. The Bertz CT molecular complexity index is 1010. The van der Waals surface area contributed by atoms with Crippen LogP contribution in [-0.2, 0) is 35.5 Å². The number of benzene rings is 2. The first-order valence-electron chi connectivity index (χ1n) is 11.0. The summed E-state index contributed by atoms with van der Waals surface area (Å²) in [5, 5.41) is 7.69. The predicted molar refractivity (Wildman–Crippen MR) is 130 cm³/mol. The maximum Gasteiger partial charge on any atom is 0.243 e. The van der Waals surface area contributed by atoms with E-state index in [0.29, 0.717) is 32.5 Å². The molecule has 0 aliphatic rings. The fraction of sp³-hybridized carbons (Fsp3) is 0.320. The maximum absolute atomic E-state index is 12.9. The van der Waals surface area contributed by atoms with Crippen LogP contribution in [0.4, 0.5) is 0 Å². The van der Waals surface area contributed by atoms with Crippen molar-refractivity contribution in [2.45, 2.75) is 45.3 Å². The van der Waals surface area contributed by atoms with E-state index >= 15 is 0 Å². The number of aromatic nitrogens is 1. The minimum atomic E-state index is -0.691. The normalized spacial score (nSPS) is 11.6. The van der Waals surface area contributed by atoms with E-state index in [0.717, 1.165) is 28.1 Å². The van der Waals surface area contributed by atoms with E-state index < -0.39 is 6.04 Å². The number of rotatable bonds is 12. The Morgan fingerprint density at radius 2 is 1.76 bits per heavy atom. The van der Waals surface area contributed by atoms with E-state index in [1.54, 1.807) is 5.51 Å². The quantitative estimate of drug-likeness (QED) is 0.381. The Morgan fingerprint density at radius 3 is 2.39 bits per heavy atom. The first kappa shape index (κ1) is 24.4. The number of aryl methyl sites for hydroxylation is 1. The van der Waals surface area contributed by atoms with Gasteiger partial charge in [-0.2, -0.15) is 0 Å². The molecule has 0 fully saturated rings. The lowest BCUT2D eigenvalue weighted by molar-refractivity contribution is -0.129. The van der Waals surface area contributed by atoms with Crippen LogP contribution in [0.3, 0.4) is 0 Å². The topological polar surface area (TPSA) is 106 Å². The number of nitrogens with zero attached hydrogens (tertiary/aromatic N) is 1. The molecule has 4 N–H and O–H groups in total. The van der Waals surface area contributed by atoms with Crippen LogP contribution in [0, 0.1) is 0 Å². The molecule has 3 aromatic rings. The smallest absolute Gasteiger partial charge is 0.243 e. The van der Waals surface area contributed by atoms with Gasteiger partial charge in [0, 0.05) is 31.3 Å². The van der Waals surface area contributed by atoms with Gasteiger partial charge in [0.1, 0.15) is 11.8 Å². The average molecular weight is 467 g/mol. The molecule has 33 heavy (non-hydrogen) atoms. The third kappa shape index (κ3) is 8.00. The Balaban J connectivity index is 1.55. The molecule has 0 aliphatic heterocycles. The second kappa shape index (κ2) is 12.7. The highest BCUT2D eigenvalue weighted by Crippen LogP contribution is 2.13. The van der Waals surface area contributed by atoms with Gasteiger partial charge in [-0.1, -0.05) is 36.4 Å². The largest absolute Gasteiger partial charge is 0.494 e. The minimum absolute atomic E-state index is 0.174. The van der Waals surface area contributed by atoms with E-state index in [4.69, 9.17) is 10.5 Å². The number of hydrogen-bond acceptors (Lipinski definition) is 6. The molecule has 0 radical (unpaired) electrons. The molecule has 7 nitrogen and oxygen atoms in total. The highest BCUT2D eigenvalue weighted by molar-refractivity contribution is 7.07. The first-order valence-corrected chi connectivity index (χ1v) is 12.0. The highest BCUT2D eigenvalue weighted by atomic mass is 32.1. The van der Waals surface area contributed by atoms with Crippen molar-refractivity contribution in [1.29, 1.82) is 0 Å². The molecule has 8 heteroatoms. The molecular formula is C25H30N4O3S. The van der Waals surface area contributed by atoms with Crippen LogP contribution < -0.4 is 21.1 Å². The zero-order chi connectivity index (χ0) is 23.5. The van der Waals surface area contributed by atoms with Gasteiger partial charge < -0.3 is 21.1 Å². The summed E-state index contributed by atoms with van der Waals surface area (Å²) in [5.41, 5.74) is 11.2. The van der Waals surface area contributed by atoms with Crippen LogP contribution >= 0.6 is 11.3 Å². The summed E-state index contributed by atoms with van der Waals surface area (Å²) in [4.78, 5) is 29.8. The van der Waals surface area contributed by atoms with Crippen LogP contribution in [-0.4, -0.2) is 29.4 Å². The third-order valence-corrected chi connectivity index (χ3v) is 5.78. The second-order valence-electron chi connectivity index (χ2n) is 7.62. The summed E-state index contributed by atoms with van der Waals surface area (Å²) >= 11 is 1.46. The molecule has 1 aromatic heterocycles. The van der Waals surface area contributed by atoms with Crippen molar-refractivity contribution in [3.63, 3.8) is 0 Å². The lowest BCUT2D eigenvalue weighted by atomic mass is 10.1. The Kier molecular flexibility index (Phi) is 9.41. The molecule has 1 heterocycles. The van der Waals surface area contributed by atoms with Crippen LogP contribution in [0.5, 0.6) is 5.75 Å². The molecule has 174 valence electrons. The summed E-state index contributed by atoms with van der Waals surface area (Å²) in [5.74, 6) is 0.398. The number of nitrogens with one attached hydrogen (secondary N) is 2. The van der Waals surface area contributed by atoms with E-state index in [2.05, 4.69) is 15.6 Å².